The van der Waals surface area contributed by atoms with Gasteiger partial charge in [0.2, 0.25) is 0 Å². The third-order valence-corrected chi connectivity index (χ3v) is 2.82. The number of H-pyrrole nitrogens is 1. The standard InChI is InChI=1S/C13H9N3O3/c17-12-10-4-2-1-3-8(10)5-11(15-12)16-7-9(6-14-16)13(18)19/h1-7H,(H,15,17)(H,18,19). The summed E-state index contributed by atoms with van der Waals surface area (Å²) in [6.07, 6.45) is 2.58. The van der Waals surface area contributed by atoms with Crippen LogP contribution in [0.2, 0.25) is 0 Å². The van der Waals surface area contributed by atoms with E-state index in [1.54, 1.807) is 18.2 Å². The molecule has 3 rings (SSSR count). The summed E-state index contributed by atoms with van der Waals surface area (Å²) in [4.78, 5) is 25.4. The van der Waals surface area contributed by atoms with E-state index in [1.807, 2.05) is 12.1 Å². The lowest BCUT2D eigenvalue weighted by molar-refractivity contribution is 0.0697. The van der Waals surface area contributed by atoms with Crippen molar-refractivity contribution >= 4 is 16.7 Å². The van der Waals surface area contributed by atoms with Gasteiger partial charge in [0.25, 0.3) is 5.56 Å². The lowest BCUT2D eigenvalue weighted by Gasteiger charge is -2.03. The van der Waals surface area contributed by atoms with Crippen LogP contribution in [0.25, 0.3) is 16.6 Å². The smallest absolute Gasteiger partial charge is 0.338 e. The molecule has 0 fully saturated rings. The van der Waals surface area contributed by atoms with Crippen molar-refractivity contribution in [1.29, 1.82) is 0 Å². The van der Waals surface area contributed by atoms with Crippen LogP contribution in [-0.4, -0.2) is 25.8 Å². The average molecular weight is 255 g/mol. The molecular formula is C13H9N3O3. The molecule has 0 aliphatic heterocycles. The Morgan fingerprint density at radius 2 is 2.11 bits per heavy atom. The Balaban J connectivity index is 2.19. The molecule has 0 bridgehead atoms. The Morgan fingerprint density at radius 3 is 2.84 bits per heavy atom. The zero-order valence-electron chi connectivity index (χ0n) is 9.70. The number of pyridine rings is 1. The predicted molar refractivity (Wildman–Crippen MR) is 68.7 cm³/mol. The molecule has 2 heterocycles. The van der Waals surface area contributed by atoms with E-state index in [1.165, 1.54) is 17.1 Å². The molecule has 0 amide bonds. The van der Waals surface area contributed by atoms with Crippen LogP contribution in [0.15, 0.2) is 47.5 Å². The number of aromatic nitrogens is 3. The van der Waals surface area contributed by atoms with Crippen LogP contribution in [-0.2, 0) is 0 Å². The summed E-state index contributed by atoms with van der Waals surface area (Å²) in [6, 6.07) is 8.90. The molecule has 6 heteroatoms. The molecule has 0 saturated carbocycles. The van der Waals surface area contributed by atoms with Crippen LogP contribution < -0.4 is 5.56 Å². The second-order valence-corrected chi connectivity index (χ2v) is 4.05. The highest BCUT2D eigenvalue weighted by molar-refractivity contribution is 5.87. The van der Waals surface area contributed by atoms with Gasteiger partial charge in [0.15, 0.2) is 0 Å². The Bertz CT molecular complexity index is 832. The molecular weight excluding hydrogens is 246 g/mol. The van der Waals surface area contributed by atoms with Gasteiger partial charge in [-0.2, -0.15) is 5.10 Å². The SMILES string of the molecule is O=C(O)c1cnn(-c2cc3ccccc3c(=O)[nH]2)c1. The first-order chi connectivity index (χ1) is 9.15. The lowest BCUT2D eigenvalue weighted by atomic mass is 10.2. The van der Waals surface area contributed by atoms with Crippen molar-refractivity contribution in [3.8, 4) is 5.82 Å². The number of aromatic carboxylic acids is 1. The first-order valence-electron chi connectivity index (χ1n) is 5.55. The van der Waals surface area contributed by atoms with Crippen molar-refractivity contribution in [1.82, 2.24) is 14.8 Å². The Morgan fingerprint density at radius 1 is 1.32 bits per heavy atom. The van der Waals surface area contributed by atoms with Gasteiger partial charge in [0.05, 0.1) is 11.8 Å². The largest absolute Gasteiger partial charge is 0.478 e. The fraction of sp³-hybridized carbons (Fsp3) is 0. The Labute approximate surface area is 106 Å². The van der Waals surface area contributed by atoms with Crippen LogP contribution in [0.5, 0.6) is 0 Å². The third kappa shape index (κ3) is 1.89. The normalized spacial score (nSPS) is 10.7. The fourth-order valence-corrected chi connectivity index (χ4v) is 1.89. The van der Waals surface area contributed by atoms with Gasteiger partial charge in [-0.25, -0.2) is 9.48 Å². The molecule has 0 atom stereocenters. The van der Waals surface area contributed by atoms with Gasteiger partial charge in [0, 0.05) is 11.6 Å². The van der Waals surface area contributed by atoms with Gasteiger partial charge in [-0.05, 0) is 17.5 Å². The molecule has 6 nitrogen and oxygen atoms in total. The summed E-state index contributed by atoms with van der Waals surface area (Å²) < 4.78 is 1.33. The van der Waals surface area contributed by atoms with E-state index in [0.29, 0.717) is 11.2 Å². The minimum Gasteiger partial charge on any atom is -0.478 e. The molecule has 19 heavy (non-hydrogen) atoms. The first kappa shape index (κ1) is 11.2. The third-order valence-electron chi connectivity index (χ3n) is 2.82. The number of aromatic amines is 1. The predicted octanol–water partition coefficient (Wildman–Crippen LogP) is 1.41. The monoisotopic (exact) mass is 255 g/mol. The molecule has 2 N–H and O–H groups in total. The lowest BCUT2D eigenvalue weighted by Crippen LogP contribution is -2.11. The minimum atomic E-state index is -1.06. The highest BCUT2D eigenvalue weighted by atomic mass is 16.4. The van der Waals surface area contributed by atoms with Gasteiger partial charge in [-0.3, -0.25) is 4.79 Å². The van der Waals surface area contributed by atoms with Crippen molar-refractivity contribution in [3.63, 3.8) is 0 Å². The number of carboxylic acid groups (broad SMARTS) is 1. The maximum absolute atomic E-state index is 11.9. The Hall–Kier alpha value is -2.89. The fourth-order valence-electron chi connectivity index (χ4n) is 1.89. The number of nitrogens with zero attached hydrogens (tertiary/aromatic N) is 2. The maximum Gasteiger partial charge on any atom is 0.338 e. The molecule has 0 spiro atoms. The van der Waals surface area contributed by atoms with Crippen molar-refractivity contribution < 1.29 is 9.90 Å². The maximum atomic E-state index is 11.9. The first-order valence-corrected chi connectivity index (χ1v) is 5.55. The van der Waals surface area contributed by atoms with Crippen molar-refractivity contribution in [2.75, 3.05) is 0 Å². The number of hydrogen-bond acceptors (Lipinski definition) is 3. The van der Waals surface area contributed by atoms with Crippen molar-refractivity contribution in [2.45, 2.75) is 0 Å². The molecule has 1 aromatic carbocycles. The summed E-state index contributed by atoms with van der Waals surface area (Å²) >= 11 is 0. The number of hydrogen-bond donors (Lipinski definition) is 2. The number of fused-ring (bicyclic) bond motifs is 1. The van der Waals surface area contributed by atoms with Gasteiger partial charge in [0.1, 0.15) is 5.82 Å². The molecule has 0 aliphatic rings. The van der Waals surface area contributed by atoms with Gasteiger partial charge < -0.3 is 10.1 Å². The van der Waals surface area contributed by atoms with Crippen LogP contribution in [0, 0.1) is 0 Å². The van der Waals surface area contributed by atoms with E-state index in [4.69, 9.17) is 5.11 Å². The second kappa shape index (κ2) is 4.09. The van der Waals surface area contributed by atoms with E-state index in [-0.39, 0.29) is 11.1 Å². The van der Waals surface area contributed by atoms with E-state index in [9.17, 15) is 9.59 Å². The number of nitrogens with one attached hydrogen (secondary N) is 1. The van der Waals surface area contributed by atoms with E-state index >= 15 is 0 Å². The molecule has 3 aromatic rings. The molecule has 2 aromatic heterocycles. The van der Waals surface area contributed by atoms with Crippen LogP contribution in [0.1, 0.15) is 10.4 Å². The summed E-state index contributed by atoms with van der Waals surface area (Å²) in [5.41, 5.74) is -0.172. The number of benzene rings is 1. The summed E-state index contributed by atoms with van der Waals surface area (Å²) in [5, 5.41) is 14.1. The molecule has 0 saturated heterocycles. The second-order valence-electron chi connectivity index (χ2n) is 4.05. The number of rotatable bonds is 2. The quantitative estimate of drug-likeness (QED) is 0.724. The number of carbonyl (C=O) groups is 1. The van der Waals surface area contributed by atoms with Crippen LogP contribution in [0.4, 0.5) is 0 Å². The summed E-state index contributed by atoms with van der Waals surface area (Å²) in [7, 11) is 0. The van der Waals surface area contributed by atoms with E-state index < -0.39 is 5.97 Å². The highest BCUT2D eigenvalue weighted by Gasteiger charge is 2.08. The highest BCUT2D eigenvalue weighted by Crippen LogP contribution is 2.12. The molecule has 0 radical (unpaired) electrons. The minimum absolute atomic E-state index is 0.0639. The molecule has 0 unspecified atom stereocenters. The van der Waals surface area contributed by atoms with Crippen LogP contribution >= 0.6 is 0 Å². The average Bonchev–Trinajstić information content (AvgIpc) is 2.88. The van der Waals surface area contributed by atoms with E-state index in [2.05, 4.69) is 10.1 Å². The Kier molecular flexibility index (Phi) is 2.42. The molecule has 0 aliphatic carbocycles. The van der Waals surface area contributed by atoms with E-state index in [0.717, 1.165) is 5.39 Å². The van der Waals surface area contributed by atoms with Crippen molar-refractivity contribution in [3.05, 3.63) is 58.6 Å². The topological polar surface area (TPSA) is 88.0 Å². The summed E-state index contributed by atoms with van der Waals surface area (Å²) in [5.74, 6) is -0.634. The zero-order chi connectivity index (χ0) is 13.4. The number of carboxylic acids is 1. The van der Waals surface area contributed by atoms with Crippen LogP contribution in [0.3, 0.4) is 0 Å². The zero-order valence-corrected chi connectivity index (χ0v) is 9.70. The summed E-state index contributed by atoms with van der Waals surface area (Å²) in [6.45, 7) is 0. The van der Waals surface area contributed by atoms with Gasteiger partial charge >= 0.3 is 5.97 Å². The molecule has 94 valence electrons. The van der Waals surface area contributed by atoms with Gasteiger partial charge in [-0.1, -0.05) is 18.2 Å². The van der Waals surface area contributed by atoms with Gasteiger partial charge in [-0.15, -0.1) is 0 Å². The van der Waals surface area contributed by atoms with Crippen molar-refractivity contribution in [2.24, 2.45) is 0 Å².